The summed E-state index contributed by atoms with van der Waals surface area (Å²) in [5.74, 6) is 0.996. The van der Waals surface area contributed by atoms with Gasteiger partial charge in [0.25, 0.3) is 0 Å². The van der Waals surface area contributed by atoms with Gasteiger partial charge in [-0.15, -0.1) is 0 Å². The van der Waals surface area contributed by atoms with Crippen molar-refractivity contribution in [2.75, 3.05) is 39.3 Å². The molecule has 2 rings (SSSR count). The van der Waals surface area contributed by atoms with Gasteiger partial charge in [-0.2, -0.15) is 0 Å². The molecule has 0 aromatic carbocycles. The van der Waals surface area contributed by atoms with Crippen molar-refractivity contribution in [3.63, 3.8) is 0 Å². The van der Waals surface area contributed by atoms with E-state index in [1.807, 2.05) is 0 Å². The number of piperazine rings is 1. The van der Waals surface area contributed by atoms with Crippen LogP contribution in [0.3, 0.4) is 0 Å². The Hall–Kier alpha value is -0.120. The van der Waals surface area contributed by atoms with Crippen molar-refractivity contribution >= 4 is 0 Å². The fourth-order valence-electron chi connectivity index (χ4n) is 3.50. The smallest absolute Gasteiger partial charge is 0.0113 e. The Morgan fingerprint density at radius 3 is 2.53 bits per heavy atom. The van der Waals surface area contributed by atoms with E-state index in [9.17, 15) is 0 Å². The van der Waals surface area contributed by atoms with Crippen molar-refractivity contribution in [2.45, 2.75) is 45.1 Å². The molecule has 2 fully saturated rings. The van der Waals surface area contributed by atoms with Crippen LogP contribution in [-0.4, -0.2) is 55.1 Å². The molecule has 0 spiro atoms. The predicted octanol–water partition coefficient (Wildman–Crippen LogP) is 1.53. The predicted molar refractivity (Wildman–Crippen MR) is 73.1 cm³/mol. The van der Waals surface area contributed by atoms with E-state index in [0.717, 1.165) is 25.0 Å². The molecule has 2 atom stereocenters. The molecule has 3 heteroatoms. The number of rotatable bonds is 4. The van der Waals surface area contributed by atoms with Crippen LogP contribution in [-0.2, 0) is 0 Å². The van der Waals surface area contributed by atoms with E-state index in [1.165, 1.54) is 58.3 Å². The summed E-state index contributed by atoms with van der Waals surface area (Å²) in [5, 5.41) is 0. The van der Waals surface area contributed by atoms with Crippen molar-refractivity contribution in [1.82, 2.24) is 9.80 Å². The lowest BCUT2D eigenvalue weighted by Gasteiger charge is -2.42. The summed E-state index contributed by atoms with van der Waals surface area (Å²) in [6.07, 6.45) is 7.19. The van der Waals surface area contributed by atoms with Gasteiger partial charge in [-0.3, -0.25) is 9.80 Å². The van der Waals surface area contributed by atoms with Crippen LogP contribution in [0, 0.1) is 5.92 Å². The summed E-state index contributed by atoms with van der Waals surface area (Å²) >= 11 is 0. The van der Waals surface area contributed by atoms with E-state index >= 15 is 0 Å². The molecular formula is C14H29N3. The van der Waals surface area contributed by atoms with Gasteiger partial charge in [0.1, 0.15) is 0 Å². The highest BCUT2D eigenvalue weighted by atomic mass is 15.3. The molecule has 2 N–H and O–H groups in total. The lowest BCUT2D eigenvalue weighted by Crippen LogP contribution is -2.52. The van der Waals surface area contributed by atoms with Crippen LogP contribution in [0.5, 0.6) is 0 Å². The molecule has 1 saturated carbocycles. The average Bonchev–Trinajstić information content (AvgIpc) is 2.40. The molecular weight excluding hydrogens is 210 g/mol. The minimum Gasteiger partial charge on any atom is -0.329 e. The van der Waals surface area contributed by atoms with E-state index in [-0.39, 0.29) is 0 Å². The SMILES string of the molecule is CCC1CCCC(N2CCN(CCN)CC2)C1. The van der Waals surface area contributed by atoms with E-state index in [0.29, 0.717) is 0 Å². The van der Waals surface area contributed by atoms with Gasteiger partial charge in [0.2, 0.25) is 0 Å². The first-order valence-corrected chi connectivity index (χ1v) is 7.50. The van der Waals surface area contributed by atoms with Gasteiger partial charge >= 0.3 is 0 Å². The second-order valence-corrected chi connectivity index (χ2v) is 5.76. The summed E-state index contributed by atoms with van der Waals surface area (Å²) < 4.78 is 0. The maximum absolute atomic E-state index is 5.62. The third kappa shape index (κ3) is 3.67. The van der Waals surface area contributed by atoms with Crippen LogP contribution in [0.2, 0.25) is 0 Å². The largest absolute Gasteiger partial charge is 0.329 e. The van der Waals surface area contributed by atoms with Crippen LogP contribution in [0.15, 0.2) is 0 Å². The zero-order valence-corrected chi connectivity index (χ0v) is 11.4. The van der Waals surface area contributed by atoms with E-state index in [2.05, 4.69) is 16.7 Å². The lowest BCUT2D eigenvalue weighted by molar-refractivity contribution is 0.0676. The van der Waals surface area contributed by atoms with Crippen molar-refractivity contribution in [3.8, 4) is 0 Å². The van der Waals surface area contributed by atoms with Crippen molar-refractivity contribution in [2.24, 2.45) is 11.7 Å². The molecule has 17 heavy (non-hydrogen) atoms. The molecule has 0 radical (unpaired) electrons. The molecule has 1 aliphatic heterocycles. The van der Waals surface area contributed by atoms with Gasteiger partial charge in [-0.1, -0.05) is 26.2 Å². The minimum absolute atomic E-state index is 0.807. The highest BCUT2D eigenvalue weighted by Gasteiger charge is 2.27. The summed E-state index contributed by atoms with van der Waals surface area (Å²) in [7, 11) is 0. The van der Waals surface area contributed by atoms with Crippen LogP contribution in [0.4, 0.5) is 0 Å². The Morgan fingerprint density at radius 1 is 1.12 bits per heavy atom. The molecule has 0 aromatic heterocycles. The van der Waals surface area contributed by atoms with Crippen molar-refractivity contribution in [1.29, 1.82) is 0 Å². The molecule has 1 heterocycles. The zero-order chi connectivity index (χ0) is 12.1. The maximum atomic E-state index is 5.62. The van der Waals surface area contributed by atoms with Gasteiger partial charge in [0, 0.05) is 45.3 Å². The Balaban J connectivity index is 1.76. The fraction of sp³-hybridized carbons (Fsp3) is 1.00. The molecule has 100 valence electrons. The van der Waals surface area contributed by atoms with Gasteiger partial charge in [0.05, 0.1) is 0 Å². The summed E-state index contributed by atoms with van der Waals surface area (Å²) in [6.45, 7) is 9.22. The monoisotopic (exact) mass is 239 g/mol. The Morgan fingerprint density at radius 2 is 1.88 bits per heavy atom. The normalized spacial score (nSPS) is 32.8. The number of nitrogens with two attached hydrogens (primary N) is 1. The molecule has 0 amide bonds. The molecule has 2 unspecified atom stereocenters. The van der Waals surface area contributed by atoms with E-state index in [1.54, 1.807) is 0 Å². The minimum atomic E-state index is 0.807. The first-order chi connectivity index (χ1) is 8.33. The Kier molecular flexibility index (Phi) is 5.26. The Labute approximate surface area is 106 Å². The zero-order valence-electron chi connectivity index (χ0n) is 11.4. The second-order valence-electron chi connectivity index (χ2n) is 5.76. The topological polar surface area (TPSA) is 32.5 Å². The molecule has 1 aliphatic carbocycles. The van der Waals surface area contributed by atoms with Gasteiger partial charge in [-0.25, -0.2) is 0 Å². The first-order valence-electron chi connectivity index (χ1n) is 7.50. The summed E-state index contributed by atoms with van der Waals surface area (Å²) in [6, 6.07) is 0.883. The third-order valence-corrected chi connectivity index (χ3v) is 4.70. The van der Waals surface area contributed by atoms with Gasteiger partial charge in [0.15, 0.2) is 0 Å². The quantitative estimate of drug-likeness (QED) is 0.807. The fourth-order valence-corrected chi connectivity index (χ4v) is 3.50. The number of hydrogen-bond acceptors (Lipinski definition) is 3. The summed E-state index contributed by atoms with van der Waals surface area (Å²) in [4.78, 5) is 5.26. The second kappa shape index (κ2) is 6.72. The third-order valence-electron chi connectivity index (χ3n) is 4.70. The molecule has 0 aromatic rings. The van der Waals surface area contributed by atoms with E-state index < -0.39 is 0 Å². The van der Waals surface area contributed by atoms with Crippen LogP contribution < -0.4 is 5.73 Å². The highest BCUT2D eigenvalue weighted by Crippen LogP contribution is 2.30. The van der Waals surface area contributed by atoms with Gasteiger partial charge in [-0.05, 0) is 18.8 Å². The molecule has 3 nitrogen and oxygen atoms in total. The molecule has 2 aliphatic rings. The molecule has 0 bridgehead atoms. The van der Waals surface area contributed by atoms with Crippen LogP contribution in [0.1, 0.15) is 39.0 Å². The standard InChI is InChI=1S/C14H29N3/c1-2-13-4-3-5-14(12-13)17-10-8-16(7-6-15)9-11-17/h13-14H,2-12,15H2,1H3. The van der Waals surface area contributed by atoms with Gasteiger partial charge < -0.3 is 5.73 Å². The lowest BCUT2D eigenvalue weighted by atomic mass is 9.83. The summed E-state index contributed by atoms with van der Waals surface area (Å²) in [5.41, 5.74) is 5.62. The van der Waals surface area contributed by atoms with Crippen molar-refractivity contribution in [3.05, 3.63) is 0 Å². The number of nitrogens with zero attached hydrogens (tertiary/aromatic N) is 2. The number of hydrogen-bond donors (Lipinski definition) is 1. The van der Waals surface area contributed by atoms with Crippen molar-refractivity contribution < 1.29 is 0 Å². The average molecular weight is 239 g/mol. The Bertz CT molecular complexity index is 212. The maximum Gasteiger partial charge on any atom is 0.0113 e. The van der Waals surface area contributed by atoms with Crippen LogP contribution in [0.25, 0.3) is 0 Å². The van der Waals surface area contributed by atoms with Crippen LogP contribution >= 0.6 is 0 Å². The first kappa shape index (κ1) is 13.3. The molecule has 1 saturated heterocycles. The highest BCUT2D eigenvalue weighted by molar-refractivity contribution is 4.83. The van der Waals surface area contributed by atoms with E-state index in [4.69, 9.17) is 5.73 Å².